The Morgan fingerprint density at radius 1 is 0.731 bits per heavy atom. The molecule has 0 aliphatic heterocycles. The molecule has 0 aliphatic rings. The first-order chi connectivity index (χ1) is 12.8. The molecule has 1 heterocycles. The van der Waals surface area contributed by atoms with E-state index in [1.807, 2.05) is 6.07 Å². The summed E-state index contributed by atoms with van der Waals surface area (Å²) in [6.45, 7) is 4.01. The molecule has 0 saturated carbocycles. The molecule has 130 valence electrons. The minimum absolute atomic E-state index is 0.802. The maximum absolute atomic E-state index is 6.28. The van der Waals surface area contributed by atoms with Crippen LogP contribution in [0.4, 0.5) is 5.69 Å². The van der Waals surface area contributed by atoms with Crippen LogP contribution in [0.2, 0.25) is 0 Å². The Labute approximate surface area is 154 Å². The fourth-order valence-corrected chi connectivity index (χ4v) is 3.48. The van der Waals surface area contributed by atoms with Crippen LogP contribution in [0.25, 0.3) is 11.0 Å². The molecule has 26 heavy (non-hydrogen) atoms. The van der Waals surface area contributed by atoms with Gasteiger partial charge in [0.1, 0.15) is 11.3 Å². The Morgan fingerprint density at radius 3 is 2.04 bits per heavy atom. The summed E-state index contributed by atoms with van der Waals surface area (Å²) in [6.07, 6.45) is 0.802. The van der Waals surface area contributed by atoms with Crippen molar-refractivity contribution < 1.29 is 4.42 Å². The van der Waals surface area contributed by atoms with Crippen molar-refractivity contribution in [3.05, 3.63) is 102 Å². The standard InChI is InChI=1S/C24H23NO/c1-2-25(18-20-13-7-4-8-14-20)24-21-15-9-10-16-22(21)26-23(24)17-19-11-5-3-6-12-19/h3-16H,2,17-18H2,1H3. The van der Waals surface area contributed by atoms with E-state index in [0.717, 1.165) is 30.9 Å². The number of furan rings is 1. The van der Waals surface area contributed by atoms with E-state index in [1.165, 1.54) is 22.2 Å². The van der Waals surface area contributed by atoms with E-state index in [-0.39, 0.29) is 0 Å². The van der Waals surface area contributed by atoms with E-state index in [1.54, 1.807) is 0 Å². The number of benzene rings is 3. The van der Waals surface area contributed by atoms with Gasteiger partial charge in [0, 0.05) is 24.9 Å². The Morgan fingerprint density at radius 2 is 1.35 bits per heavy atom. The first-order valence-corrected chi connectivity index (χ1v) is 9.18. The number of fused-ring (bicyclic) bond motifs is 1. The second-order valence-electron chi connectivity index (χ2n) is 6.53. The molecule has 0 N–H and O–H groups in total. The van der Waals surface area contributed by atoms with Crippen molar-refractivity contribution in [2.24, 2.45) is 0 Å². The zero-order chi connectivity index (χ0) is 17.8. The van der Waals surface area contributed by atoms with Crippen molar-refractivity contribution in [2.45, 2.75) is 19.9 Å². The Balaban J connectivity index is 1.77. The lowest BCUT2D eigenvalue weighted by molar-refractivity contribution is 0.560. The second-order valence-corrected chi connectivity index (χ2v) is 6.53. The summed E-state index contributed by atoms with van der Waals surface area (Å²) in [5.41, 5.74) is 4.75. The highest BCUT2D eigenvalue weighted by Gasteiger charge is 2.19. The molecule has 0 saturated heterocycles. The van der Waals surface area contributed by atoms with Gasteiger partial charge in [0.2, 0.25) is 0 Å². The molecule has 0 spiro atoms. The molecule has 0 unspecified atom stereocenters. The molecule has 0 atom stereocenters. The predicted octanol–water partition coefficient (Wildman–Crippen LogP) is 6.05. The van der Waals surface area contributed by atoms with Gasteiger partial charge in [-0.1, -0.05) is 72.8 Å². The van der Waals surface area contributed by atoms with E-state index in [2.05, 4.69) is 90.7 Å². The lowest BCUT2D eigenvalue weighted by atomic mass is 10.1. The van der Waals surface area contributed by atoms with Crippen LogP contribution in [-0.4, -0.2) is 6.54 Å². The van der Waals surface area contributed by atoms with Crippen molar-refractivity contribution in [3.63, 3.8) is 0 Å². The number of hydrogen-bond acceptors (Lipinski definition) is 2. The van der Waals surface area contributed by atoms with Crippen molar-refractivity contribution in [3.8, 4) is 0 Å². The van der Waals surface area contributed by atoms with E-state index < -0.39 is 0 Å². The number of rotatable bonds is 6. The number of anilines is 1. The van der Waals surface area contributed by atoms with Crippen molar-refractivity contribution >= 4 is 16.7 Å². The van der Waals surface area contributed by atoms with Gasteiger partial charge in [0.25, 0.3) is 0 Å². The fourth-order valence-electron chi connectivity index (χ4n) is 3.48. The van der Waals surface area contributed by atoms with Crippen LogP contribution in [-0.2, 0) is 13.0 Å². The van der Waals surface area contributed by atoms with Gasteiger partial charge in [-0.3, -0.25) is 0 Å². The molecule has 0 bridgehead atoms. The highest BCUT2D eigenvalue weighted by atomic mass is 16.3. The molecule has 2 nitrogen and oxygen atoms in total. The van der Waals surface area contributed by atoms with E-state index in [0.29, 0.717) is 0 Å². The van der Waals surface area contributed by atoms with Crippen LogP contribution in [0.15, 0.2) is 89.3 Å². The molecule has 2 heteroatoms. The largest absolute Gasteiger partial charge is 0.458 e. The van der Waals surface area contributed by atoms with Crippen LogP contribution < -0.4 is 4.90 Å². The van der Waals surface area contributed by atoms with Crippen molar-refractivity contribution in [2.75, 3.05) is 11.4 Å². The van der Waals surface area contributed by atoms with Crippen LogP contribution in [0.3, 0.4) is 0 Å². The summed E-state index contributed by atoms with van der Waals surface area (Å²) < 4.78 is 6.28. The van der Waals surface area contributed by atoms with Gasteiger partial charge in [-0.25, -0.2) is 0 Å². The average molecular weight is 341 g/mol. The summed E-state index contributed by atoms with van der Waals surface area (Å²) >= 11 is 0. The molecule has 0 aliphatic carbocycles. The Hall–Kier alpha value is -3.00. The van der Waals surface area contributed by atoms with Gasteiger partial charge in [-0.05, 0) is 30.2 Å². The van der Waals surface area contributed by atoms with Crippen LogP contribution in [0.1, 0.15) is 23.8 Å². The Bertz CT molecular complexity index is 973. The minimum atomic E-state index is 0.802. The number of para-hydroxylation sites is 1. The normalized spacial score (nSPS) is 11.0. The van der Waals surface area contributed by atoms with Gasteiger partial charge in [0.05, 0.1) is 5.69 Å². The highest BCUT2D eigenvalue weighted by molar-refractivity contribution is 5.93. The van der Waals surface area contributed by atoms with Gasteiger partial charge in [0.15, 0.2) is 0 Å². The summed E-state index contributed by atoms with van der Waals surface area (Å²) in [7, 11) is 0. The third-order valence-corrected chi connectivity index (χ3v) is 4.76. The summed E-state index contributed by atoms with van der Waals surface area (Å²) in [6, 6.07) is 29.5. The summed E-state index contributed by atoms with van der Waals surface area (Å²) in [4.78, 5) is 2.42. The molecular formula is C24H23NO. The molecule has 0 radical (unpaired) electrons. The van der Waals surface area contributed by atoms with Crippen molar-refractivity contribution in [1.29, 1.82) is 0 Å². The van der Waals surface area contributed by atoms with Crippen LogP contribution >= 0.6 is 0 Å². The quantitative estimate of drug-likeness (QED) is 0.424. The van der Waals surface area contributed by atoms with Crippen LogP contribution in [0, 0.1) is 0 Å². The summed E-state index contributed by atoms with van der Waals surface area (Å²) in [5, 5.41) is 1.19. The SMILES string of the molecule is CCN(Cc1ccccc1)c1c(Cc2ccccc2)oc2ccccc12. The predicted molar refractivity (Wildman–Crippen MR) is 109 cm³/mol. The minimum Gasteiger partial charge on any atom is -0.458 e. The topological polar surface area (TPSA) is 16.4 Å². The monoisotopic (exact) mass is 341 g/mol. The third-order valence-electron chi connectivity index (χ3n) is 4.76. The van der Waals surface area contributed by atoms with Gasteiger partial charge in [-0.2, -0.15) is 0 Å². The van der Waals surface area contributed by atoms with Crippen LogP contribution in [0.5, 0.6) is 0 Å². The number of hydrogen-bond donors (Lipinski definition) is 0. The lowest BCUT2D eigenvalue weighted by Crippen LogP contribution is -2.22. The highest BCUT2D eigenvalue weighted by Crippen LogP contribution is 2.36. The van der Waals surface area contributed by atoms with E-state index in [9.17, 15) is 0 Å². The molecule has 4 aromatic rings. The lowest BCUT2D eigenvalue weighted by Gasteiger charge is -2.23. The molecule has 3 aromatic carbocycles. The molecule has 4 rings (SSSR count). The first-order valence-electron chi connectivity index (χ1n) is 9.18. The number of nitrogens with zero attached hydrogens (tertiary/aromatic N) is 1. The zero-order valence-corrected chi connectivity index (χ0v) is 15.1. The van der Waals surface area contributed by atoms with Gasteiger partial charge < -0.3 is 9.32 Å². The van der Waals surface area contributed by atoms with Gasteiger partial charge >= 0.3 is 0 Å². The molecule has 1 aromatic heterocycles. The fraction of sp³-hybridized carbons (Fsp3) is 0.167. The second kappa shape index (κ2) is 7.49. The molecular weight excluding hydrogens is 318 g/mol. The third kappa shape index (κ3) is 3.36. The first kappa shape index (κ1) is 16.5. The smallest absolute Gasteiger partial charge is 0.136 e. The maximum atomic E-state index is 6.28. The zero-order valence-electron chi connectivity index (χ0n) is 15.1. The van der Waals surface area contributed by atoms with Gasteiger partial charge in [-0.15, -0.1) is 0 Å². The average Bonchev–Trinajstić information content (AvgIpc) is 3.05. The summed E-state index contributed by atoms with van der Waals surface area (Å²) in [5.74, 6) is 1.04. The Kier molecular flexibility index (Phi) is 4.74. The molecule has 0 fully saturated rings. The van der Waals surface area contributed by atoms with Crippen molar-refractivity contribution in [1.82, 2.24) is 0 Å². The molecule has 0 amide bonds. The van der Waals surface area contributed by atoms with E-state index >= 15 is 0 Å². The van der Waals surface area contributed by atoms with E-state index in [4.69, 9.17) is 4.42 Å². The maximum Gasteiger partial charge on any atom is 0.136 e.